The number of fused-ring (bicyclic) bond motifs is 1. The number of nitrogens with two attached hydrogens (primary N) is 1. The minimum atomic E-state index is 0.701. The third-order valence-corrected chi connectivity index (χ3v) is 3.29. The van der Waals surface area contributed by atoms with E-state index in [1.165, 1.54) is 27.6 Å². The van der Waals surface area contributed by atoms with Gasteiger partial charge in [-0.2, -0.15) is 0 Å². The third kappa shape index (κ3) is 1.91. The second kappa shape index (κ2) is 4.67. The van der Waals surface area contributed by atoms with Crippen LogP contribution in [-0.2, 0) is 6.42 Å². The molecule has 0 bridgehead atoms. The Kier molecular flexibility index (Phi) is 2.87. The number of aromatic nitrogens is 1. The standard InChI is InChI=1S/C16H16N2/c17-10-9-12-5-7-13(8-6-12)15-11-18-16-4-2-1-3-14(15)16/h1-8,11,18H,9-10,17H2. The average molecular weight is 236 g/mol. The SMILES string of the molecule is NCCc1ccc(-c2c[nH]c3ccccc23)cc1. The fourth-order valence-electron chi connectivity index (χ4n) is 2.33. The van der Waals surface area contributed by atoms with Crippen LogP contribution in [0.5, 0.6) is 0 Å². The number of aromatic amines is 1. The van der Waals surface area contributed by atoms with Gasteiger partial charge in [-0.3, -0.25) is 0 Å². The van der Waals surface area contributed by atoms with Gasteiger partial charge < -0.3 is 10.7 Å². The molecule has 0 aliphatic heterocycles. The summed E-state index contributed by atoms with van der Waals surface area (Å²) in [5.41, 5.74) is 10.5. The monoisotopic (exact) mass is 236 g/mol. The van der Waals surface area contributed by atoms with E-state index in [1.54, 1.807) is 0 Å². The van der Waals surface area contributed by atoms with E-state index in [4.69, 9.17) is 5.73 Å². The summed E-state index contributed by atoms with van der Waals surface area (Å²) in [4.78, 5) is 3.31. The Morgan fingerprint density at radius 3 is 2.50 bits per heavy atom. The number of H-pyrrole nitrogens is 1. The molecule has 0 saturated carbocycles. The summed E-state index contributed by atoms with van der Waals surface area (Å²) in [6.07, 6.45) is 3.01. The Morgan fingerprint density at radius 1 is 0.944 bits per heavy atom. The molecule has 2 heteroatoms. The van der Waals surface area contributed by atoms with Gasteiger partial charge in [-0.25, -0.2) is 0 Å². The van der Waals surface area contributed by atoms with Gasteiger partial charge in [0.1, 0.15) is 0 Å². The van der Waals surface area contributed by atoms with Crippen LogP contribution in [0, 0.1) is 0 Å². The minimum Gasteiger partial charge on any atom is -0.361 e. The van der Waals surface area contributed by atoms with E-state index in [0.29, 0.717) is 6.54 Å². The van der Waals surface area contributed by atoms with Crippen molar-refractivity contribution in [1.82, 2.24) is 4.98 Å². The lowest BCUT2D eigenvalue weighted by Crippen LogP contribution is -2.02. The quantitative estimate of drug-likeness (QED) is 0.719. The molecule has 1 heterocycles. The van der Waals surface area contributed by atoms with Crippen molar-refractivity contribution in [2.24, 2.45) is 5.73 Å². The first-order valence-electron chi connectivity index (χ1n) is 6.24. The molecule has 1 aromatic heterocycles. The van der Waals surface area contributed by atoms with E-state index in [9.17, 15) is 0 Å². The van der Waals surface area contributed by atoms with E-state index in [-0.39, 0.29) is 0 Å². The summed E-state index contributed by atoms with van der Waals surface area (Å²) in [6.45, 7) is 0.701. The number of benzene rings is 2. The van der Waals surface area contributed by atoms with E-state index in [0.717, 1.165) is 6.42 Å². The van der Waals surface area contributed by atoms with Gasteiger partial charge in [0.15, 0.2) is 0 Å². The highest BCUT2D eigenvalue weighted by molar-refractivity contribution is 5.95. The molecule has 18 heavy (non-hydrogen) atoms. The van der Waals surface area contributed by atoms with Crippen LogP contribution in [0.15, 0.2) is 54.7 Å². The largest absolute Gasteiger partial charge is 0.361 e. The lowest BCUT2D eigenvalue weighted by molar-refractivity contribution is 0.969. The van der Waals surface area contributed by atoms with Gasteiger partial charge in [-0.1, -0.05) is 42.5 Å². The van der Waals surface area contributed by atoms with Crippen molar-refractivity contribution >= 4 is 10.9 Å². The van der Waals surface area contributed by atoms with Crippen LogP contribution in [0.25, 0.3) is 22.0 Å². The van der Waals surface area contributed by atoms with Gasteiger partial charge in [-0.15, -0.1) is 0 Å². The first-order chi connectivity index (χ1) is 8.88. The molecule has 0 spiro atoms. The molecule has 0 aliphatic carbocycles. The van der Waals surface area contributed by atoms with Crippen LogP contribution in [0.1, 0.15) is 5.56 Å². The highest BCUT2D eigenvalue weighted by Crippen LogP contribution is 2.28. The molecule has 3 aromatic rings. The maximum atomic E-state index is 5.56. The molecule has 0 amide bonds. The smallest absolute Gasteiger partial charge is 0.0460 e. The molecular weight excluding hydrogens is 220 g/mol. The second-order valence-electron chi connectivity index (χ2n) is 4.48. The summed E-state index contributed by atoms with van der Waals surface area (Å²) in [5, 5.41) is 1.27. The fourth-order valence-corrected chi connectivity index (χ4v) is 2.33. The van der Waals surface area contributed by atoms with Gasteiger partial charge in [0.25, 0.3) is 0 Å². The maximum absolute atomic E-state index is 5.56. The van der Waals surface area contributed by atoms with Crippen LogP contribution >= 0.6 is 0 Å². The first kappa shape index (κ1) is 11.1. The van der Waals surface area contributed by atoms with Gasteiger partial charge in [0.2, 0.25) is 0 Å². The van der Waals surface area contributed by atoms with Crippen LogP contribution < -0.4 is 5.73 Å². The molecule has 0 radical (unpaired) electrons. The Hall–Kier alpha value is -2.06. The predicted octanol–water partition coefficient (Wildman–Crippen LogP) is 3.34. The summed E-state index contributed by atoms with van der Waals surface area (Å²) in [6, 6.07) is 17.0. The summed E-state index contributed by atoms with van der Waals surface area (Å²) in [5.74, 6) is 0. The lowest BCUT2D eigenvalue weighted by Gasteiger charge is -2.02. The molecule has 3 rings (SSSR count). The molecule has 0 saturated heterocycles. The molecule has 0 atom stereocenters. The first-order valence-corrected chi connectivity index (χ1v) is 6.24. The van der Waals surface area contributed by atoms with E-state index < -0.39 is 0 Å². The summed E-state index contributed by atoms with van der Waals surface area (Å²) < 4.78 is 0. The zero-order valence-corrected chi connectivity index (χ0v) is 10.2. The normalized spacial score (nSPS) is 10.9. The highest BCUT2D eigenvalue weighted by Gasteiger charge is 2.04. The molecule has 2 nitrogen and oxygen atoms in total. The Morgan fingerprint density at radius 2 is 1.72 bits per heavy atom. The zero-order valence-electron chi connectivity index (χ0n) is 10.2. The van der Waals surface area contributed by atoms with Crippen LogP contribution in [0.4, 0.5) is 0 Å². The van der Waals surface area contributed by atoms with Crippen molar-refractivity contribution in [3.05, 3.63) is 60.3 Å². The van der Waals surface area contributed by atoms with E-state index in [2.05, 4.69) is 53.6 Å². The van der Waals surface area contributed by atoms with Crippen molar-refractivity contribution in [1.29, 1.82) is 0 Å². The van der Waals surface area contributed by atoms with Gasteiger partial charge >= 0.3 is 0 Å². The maximum Gasteiger partial charge on any atom is 0.0460 e. The second-order valence-corrected chi connectivity index (χ2v) is 4.48. The number of hydrogen-bond acceptors (Lipinski definition) is 1. The van der Waals surface area contributed by atoms with Crippen LogP contribution in [0.2, 0.25) is 0 Å². The van der Waals surface area contributed by atoms with Crippen molar-refractivity contribution in [2.45, 2.75) is 6.42 Å². The molecule has 2 aromatic carbocycles. The van der Waals surface area contributed by atoms with Gasteiger partial charge in [0, 0.05) is 22.7 Å². The number of para-hydroxylation sites is 1. The van der Waals surface area contributed by atoms with E-state index in [1.807, 2.05) is 6.07 Å². The Bertz CT molecular complexity index is 650. The molecule has 90 valence electrons. The molecular formula is C16H16N2. The number of hydrogen-bond donors (Lipinski definition) is 2. The lowest BCUT2D eigenvalue weighted by atomic mass is 10.0. The van der Waals surface area contributed by atoms with Crippen molar-refractivity contribution in [2.75, 3.05) is 6.54 Å². The molecule has 0 fully saturated rings. The van der Waals surface area contributed by atoms with Gasteiger partial charge in [-0.05, 0) is 30.2 Å². The fraction of sp³-hybridized carbons (Fsp3) is 0.125. The molecule has 0 unspecified atom stereocenters. The molecule has 3 N–H and O–H groups in total. The minimum absolute atomic E-state index is 0.701. The van der Waals surface area contributed by atoms with Crippen LogP contribution in [0.3, 0.4) is 0 Å². The highest BCUT2D eigenvalue weighted by atomic mass is 14.7. The van der Waals surface area contributed by atoms with Gasteiger partial charge in [0.05, 0.1) is 0 Å². The Labute approximate surface area is 106 Å². The number of rotatable bonds is 3. The Balaban J connectivity index is 2.03. The van der Waals surface area contributed by atoms with Crippen molar-refractivity contribution in [3.63, 3.8) is 0 Å². The van der Waals surface area contributed by atoms with Crippen molar-refractivity contribution < 1.29 is 0 Å². The van der Waals surface area contributed by atoms with Crippen LogP contribution in [-0.4, -0.2) is 11.5 Å². The summed E-state index contributed by atoms with van der Waals surface area (Å²) >= 11 is 0. The van der Waals surface area contributed by atoms with E-state index >= 15 is 0 Å². The average Bonchev–Trinajstić information content (AvgIpc) is 2.84. The van der Waals surface area contributed by atoms with Crippen molar-refractivity contribution in [3.8, 4) is 11.1 Å². The zero-order chi connectivity index (χ0) is 12.4. The molecule has 0 aliphatic rings. The topological polar surface area (TPSA) is 41.8 Å². The summed E-state index contributed by atoms with van der Waals surface area (Å²) in [7, 11) is 0. The third-order valence-electron chi connectivity index (χ3n) is 3.29. The predicted molar refractivity (Wildman–Crippen MR) is 76.5 cm³/mol. The number of nitrogens with one attached hydrogen (secondary N) is 1.